The fourth-order valence-corrected chi connectivity index (χ4v) is 2.73. The number of benzene rings is 1. The van der Waals surface area contributed by atoms with Crippen LogP contribution in [-0.4, -0.2) is 40.6 Å². The number of nitrogens with zero attached hydrogens (tertiary/aromatic N) is 3. The van der Waals surface area contributed by atoms with E-state index >= 15 is 0 Å². The quantitative estimate of drug-likeness (QED) is 0.865. The number of nitrogens with two attached hydrogens (primary N) is 1. The van der Waals surface area contributed by atoms with Gasteiger partial charge in [0.1, 0.15) is 5.75 Å². The Balaban J connectivity index is 1.56. The van der Waals surface area contributed by atoms with E-state index in [2.05, 4.69) is 10.1 Å². The lowest BCUT2D eigenvalue weighted by Crippen LogP contribution is -2.29. The van der Waals surface area contributed by atoms with Gasteiger partial charge in [-0.3, -0.25) is 4.79 Å². The zero-order valence-electron chi connectivity index (χ0n) is 13.8. The predicted molar refractivity (Wildman–Crippen MR) is 87.5 cm³/mol. The number of rotatable bonds is 6. The van der Waals surface area contributed by atoms with Crippen molar-refractivity contribution in [2.24, 2.45) is 11.7 Å². The summed E-state index contributed by atoms with van der Waals surface area (Å²) in [4.78, 5) is 18.5. The smallest absolute Gasteiger partial charge is 0.253 e. The van der Waals surface area contributed by atoms with Gasteiger partial charge in [-0.05, 0) is 43.1 Å². The third-order valence-corrected chi connectivity index (χ3v) is 4.19. The topological polar surface area (TPSA) is 94.5 Å². The van der Waals surface area contributed by atoms with Crippen LogP contribution in [0.5, 0.6) is 5.75 Å². The van der Waals surface area contributed by atoms with Gasteiger partial charge in [-0.2, -0.15) is 4.98 Å². The fourth-order valence-electron chi connectivity index (χ4n) is 2.73. The van der Waals surface area contributed by atoms with Crippen molar-refractivity contribution < 1.29 is 14.1 Å². The molecule has 0 bridgehead atoms. The molecule has 1 atom stereocenters. The standard InChI is InChI=1S/C17H22N4O3/c1-2-16-19-15(20-24-16)11-23-14-5-3-13(4-6-14)17(22)21-8-7-12(9-18)10-21/h3-6,12H,2,7-11,18H2,1H3. The van der Waals surface area contributed by atoms with Gasteiger partial charge in [0.25, 0.3) is 5.91 Å². The molecule has 1 aliphatic heterocycles. The summed E-state index contributed by atoms with van der Waals surface area (Å²) in [5.74, 6) is 2.23. The Bertz CT molecular complexity index is 683. The molecule has 2 aromatic rings. The number of ether oxygens (including phenoxy) is 1. The molecule has 2 N–H and O–H groups in total. The van der Waals surface area contributed by atoms with Crippen molar-refractivity contribution in [2.75, 3.05) is 19.6 Å². The van der Waals surface area contributed by atoms with E-state index in [9.17, 15) is 4.79 Å². The van der Waals surface area contributed by atoms with Crippen molar-refractivity contribution in [1.29, 1.82) is 0 Å². The lowest BCUT2D eigenvalue weighted by atomic mass is 10.1. The van der Waals surface area contributed by atoms with Gasteiger partial charge < -0.3 is 19.9 Å². The first kappa shape index (κ1) is 16.4. The Labute approximate surface area is 140 Å². The molecule has 1 aromatic carbocycles. The summed E-state index contributed by atoms with van der Waals surface area (Å²) in [6.45, 7) is 4.33. The highest BCUT2D eigenvalue weighted by Gasteiger charge is 2.25. The highest BCUT2D eigenvalue weighted by Crippen LogP contribution is 2.20. The maximum Gasteiger partial charge on any atom is 0.253 e. The molecule has 2 heterocycles. The van der Waals surface area contributed by atoms with E-state index in [1.54, 1.807) is 24.3 Å². The minimum atomic E-state index is 0.0447. The van der Waals surface area contributed by atoms with Crippen molar-refractivity contribution in [3.63, 3.8) is 0 Å². The van der Waals surface area contributed by atoms with Crippen molar-refractivity contribution in [2.45, 2.75) is 26.4 Å². The van der Waals surface area contributed by atoms with Crippen LogP contribution in [0.1, 0.15) is 35.4 Å². The molecule has 0 radical (unpaired) electrons. The lowest BCUT2D eigenvalue weighted by Gasteiger charge is -2.16. The van der Waals surface area contributed by atoms with E-state index in [0.29, 0.717) is 41.9 Å². The largest absolute Gasteiger partial charge is 0.485 e. The molecule has 1 aromatic heterocycles. The number of aryl methyl sites for hydroxylation is 1. The zero-order valence-corrected chi connectivity index (χ0v) is 13.8. The van der Waals surface area contributed by atoms with Crippen molar-refractivity contribution >= 4 is 5.91 Å². The second-order valence-corrected chi connectivity index (χ2v) is 5.91. The monoisotopic (exact) mass is 330 g/mol. The van der Waals surface area contributed by atoms with E-state index in [4.69, 9.17) is 15.0 Å². The molecule has 1 aliphatic rings. The average molecular weight is 330 g/mol. The number of carbonyl (C=O) groups excluding carboxylic acids is 1. The second-order valence-electron chi connectivity index (χ2n) is 5.91. The van der Waals surface area contributed by atoms with E-state index in [-0.39, 0.29) is 12.5 Å². The van der Waals surface area contributed by atoms with Gasteiger partial charge in [0.05, 0.1) is 0 Å². The van der Waals surface area contributed by atoms with Gasteiger partial charge in [-0.25, -0.2) is 0 Å². The fraction of sp³-hybridized carbons (Fsp3) is 0.471. The Morgan fingerprint density at radius 1 is 1.42 bits per heavy atom. The van der Waals surface area contributed by atoms with Crippen molar-refractivity contribution in [1.82, 2.24) is 15.0 Å². The van der Waals surface area contributed by atoms with Crippen LogP contribution in [0, 0.1) is 5.92 Å². The molecule has 24 heavy (non-hydrogen) atoms. The van der Waals surface area contributed by atoms with Crippen LogP contribution < -0.4 is 10.5 Å². The number of aromatic nitrogens is 2. The van der Waals surface area contributed by atoms with Crippen LogP contribution in [0.2, 0.25) is 0 Å². The van der Waals surface area contributed by atoms with Crippen LogP contribution in [-0.2, 0) is 13.0 Å². The molecule has 3 rings (SSSR count). The number of likely N-dealkylation sites (tertiary alicyclic amines) is 1. The molecule has 1 fully saturated rings. The van der Waals surface area contributed by atoms with Gasteiger partial charge in [-0.15, -0.1) is 0 Å². The van der Waals surface area contributed by atoms with E-state index in [1.165, 1.54) is 0 Å². The van der Waals surface area contributed by atoms with Crippen LogP contribution in [0.15, 0.2) is 28.8 Å². The highest BCUT2D eigenvalue weighted by molar-refractivity contribution is 5.94. The Hall–Kier alpha value is -2.41. The van der Waals surface area contributed by atoms with E-state index < -0.39 is 0 Å². The summed E-state index contributed by atoms with van der Waals surface area (Å²) in [5, 5.41) is 3.83. The van der Waals surface area contributed by atoms with Gasteiger partial charge in [0.15, 0.2) is 6.61 Å². The average Bonchev–Trinajstić information content (AvgIpc) is 3.29. The van der Waals surface area contributed by atoms with Crippen LogP contribution in [0.3, 0.4) is 0 Å². The van der Waals surface area contributed by atoms with Gasteiger partial charge in [0.2, 0.25) is 11.7 Å². The predicted octanol–water partition coefficient (Wildman–Crippen LogP) is 1.63. The summed E-state index contributed by atoms with van der Waals surface area (Å²) >= 11 is 0. The maximum absolute atomic E-state index is 12.4. The second kappa shape index (κ2) is 7.44. The first-order valence-electron chi connectivity index (χ1n) is 8.23. The zero-order chi connectivity index (χ0) is 16.9. The molecule has 7 heteroatoms. The number of amides is 1. The minimum Gasteiger partial charge on any atom is -0.485 e. The SMILES string of the molecule is CCc1nc(COc2ccc(C(=O)N3CCC(CN)C3)cc2)no1. The third kappa shape index (κ3) is 3.73. The molecule has 1 saturated heterocycles. The van der Waals surface area contributed by atoms with Gasteiger partial charge >= 0.3 is 0 Å². The third-order valence-electron chi connectivity index (χ3n) is 4.19. The molecule has 1 amide bonds. The first-order valence-corrected chi connectivity index (χ1v) is 8.23. The Kier molecular flexibility index (Phi) is 5.10. The molecule has 0 aliphatic carbocycles. The Morgan fingerprint density at radius 2 is 2.21 bits per heavy atom. The first-order chi connectivity index (χ1) is 11.7. The number of hydrogen-bond donors (Lipinski definition) is 1. The molecular formula is C17H22N4O3. The van der Waals surface area contributed by atoms with Crippen LogP contribution in [0.25, 0.3) is 0 Å². The van der Waals surface area contributed by atoms with E-state index in [0.717, 1.165) is 19.5 Å². The minimum absolute atomic E-state index is 0.0447. The lowest BCUT2D eigenvalue weighted by molar-refractivity contribution is 0.0787. The molecule has 0 saturated carbocycles. The van der Waals surface area contributed by atoms with Crippen molar-refractivity contribution in [3.05, 3.63) is 41.5 Å². The summed E-state index contributed by atoms with van der Waals surface area (Å²) in [5.41, 5.74) is 6.34. The molecule has 7 nitrogen and oxygen atoms in total. The molecular weight excluding hydrogens is 308 g/mol. The number of hydrogen-bond acceptors (Lipinski definition) is 6. The summed E-state index contributed by atoms with van der Waals surface area (Å²) in [6.07, 6.45) is 1.68. The normalized spacial score (nSPS) is 17.2. The summed E-state index contributed by atoms with van der Waals surface area (Å²) in [7, 11) is 0. The van der Waals surface area contributed by atoms with E-state index in [1.807, 2.05) is 11.8 Å². The molecule has 1 unspecified atom stereocenters. The van der Waals surface area contributed by atoms with Crippen LogP contribution in [0.4, 0.5) is 0 Å². The number of carbonyl (C=O) groups is 1. The molecule has 128 valence electrons. The highest BCUT2D eigenvalue weighted by atomic mass is 16.5. The van der Waals surface area contributed by atoms with Gasteiger partial charge in [0, 0.05) is 25.1 Å². The molecule has 0 spiro atoms. The Morgan fingerprint density at radius 3 is 2.83 bits per heavy atom. The summed E-state index contributed by atoms with van der Waals surface area (Å²) in [6, 6.07) is 7.12. The maximum atomic E-state index is 12.4. The van der Waals surface area contributed by atoms with Crippen LogP contribution >= 0.6 is 0 Å². The van der Waals surface area contributed by atoms with Crippen molar-refractivity contribution in [3.8, 4) is 5.75 Å². The summed E-state index contributed by atoms with van der Waals surface area (Å²) < 4.78 is 10.6. The van der Waals surface area contributed by atoms with Gasteiger partial charge in [-0.1, -0.05) is 12.1 Å².